The summed E-state index contributed by atoms with van der Waals surface area (Å²) < 4.78 is 28.5. The SMILES string of the molecule is CC(CCc1ccc(OC(F)F)cc1)NC1CCCSC1. The standard InChI is InChI=1S/C16H23F2NOS/c1-12(19-14-3-2-10-21-11-14)4-5-13-6-8-15(9-7-13)20-16(17)18/h6-9,12,14,16,19H,2-5,10-11H2,1H3. The number of nitrogens with one attached hydrogen (secondary N) is 1. The lowest BCUT2D eigenvalue weighted by Gasteiger charge is -2.26. The Kier molecular flexibility index (Phi) is 6.77. The summed E-state index contributed by atoms with van der Waals surface area (Å²) in [6, 6.07) is 8.06. The zero-order chi connectivity index (χ0) is 15.1. The third-order valence-electron chi connectivity index (χ3n) is 3.70. The van der Waals surface area contributed by atoms with Crippen LogP contribution in [0.4, 0.5) is 8.78 Å². The van der Waals surface area contributed by atoms with Crippen LogP contribution in [0.25, 0.3) is 0 Å². The van der Waals surface area contributed by atoms with Gasteiger partial charge < -0.3 is 10.1 Å². The molecule has 1 aromatic carbocycles. The summed E-state index contributed by atoms with van der Waals surface area (Å²) in [6.45, 7) is -0.540. The fraction of sp³-hybridized carbons (Fsp3) is 0.625. The number of alkyl halides is 2. The Labute approximate surface area is 129 Å². The molecule has 0 aromatic heterocycles. The number of rotatable bonds is 7. The van der Waals surface area contributed by atoms with E-state index in [1.165, 1.54) is 24.3 Å². The lowest BCUT2D eigenvalue weighted by molar-refractivity contribution is -0.0498. The molecule has 21 heavy (non-hydrogen) atoms. The lowest BCUT2D eigenvalue weighted by atomic mass is 10.0. The van der Waals surface area contributed by atoms with Crippen LogP contribution in [-0.2, 0) is 6.42 Å². The maximum Gasteiger partial charge on any atom is 0.387 e. The van der Waals surface area contributed by atoms with Crippen molar-refractivity contribution in [1.29, 1.82) is 0 Å². The van der Waals surface area contributed by atoms with Crippen LogP contribution in [0.2, 0.25) is 0 Å². The third-order valence-corrected chi connectivity index (χ3v) is 4.91. The van der Waals surface area contributed by atoms with Crippen molar-refractivity contribution in [2.45, 2.75) is 51.3 Å². The van der Waals surface area contributed by atoms with E-state index in [1.54, 1.807) is 12.1 Å². The summed E-state index contributed by atoms with van der Waals surface area (Å²) in [5.41, 5.74) is 1.16. The summed E-state index contributed by atoms with van der Waals surface area (Å²) in [5, 5.41) is 3.68. The van der Waals surface area contributed by atoms with Crippen molar-refractivity contribution in [3.05, 3.63) is 29.8 Å². The molecule has 0 saturated carbocycles. The molecule has 2 unspecified atom stereocenters. The molecule has 2 rings (SSSR count). The normalized spacial score (nSPS) is 20.5. The number of hydrogen-bond acceptors (Lipinski definition) is 3. The van der Waals surface area contributed by atoms with E-state index in [1.807, 2.05) is 23.9 Å². The molecule has 0 radical (unpaired) electrons. The minimum absolute atomic E-state index is 0.221. The van der Waals surface area contributed by atoms with Crippen LogP contribution in [0.5, 0.6) is 5.75 Å². The van der Waals surface area contributed by atoms with Crippen LogP contribution >= 0.6 is 11.8 Å². The molecular weight excluding hydrogens is 292 g/mol. The van der Waals surface area contributed by atoms with Gasteiger partial charge in [-0.2, -0.15) is 20.5 Å². The number of halogens is 2. The van der Waals surface area contributed by atoms with Crippen molar-refractivity contribution in [2.24, 2.45) is 0 Å². The van der Waals surface area contributed by atoms with Gasteiger partial charge in [0.2, 0.25) is 0 Å². The Hall–Kier alpha value is -0.810. The number of ether oxygens (including phenoxy) is 1. The largest absolute Gasteiger partial charge is 0.435 e. The van der Waals surface area contributed by atoms with Crippen LogP contribution < -0.4 is 10.1 Å². The van der Waals surface area contributed by atoms with Gasteiger partial charge in [-0.15, -0.1) is 0 Å². The van der Waals surface area contributed by atoms with Gasteiger partial charge in [-0.25, -0.2) is 0 Å². The number of hydrogen-bond donors (Lipinski definition) is 1. The molecule has 5 heteroatoms. The van der Waals surface area contributed by atoms with Crippen molar-refractivity contribution >= 4 is 11.8 Å². The molecule has 1 aliphatic rings. The van der Waals surface area contributed by atoms with Crippen LogP contribution in [0.1, 0.15) is 31.7 Å². The Morgan fingerprint density at radius 2 is 2.10 bits per heavy atom. The van der Waals surface area contributed by atoms with E-state index < -0.39 is 6.61 Å². The predicted octanol–water partition coefficient (Wildman–Crippen LogP) is 4.09. The van der Waals surface area contributed by atoms with Gasteiger partial charge in [0, 0.05) is 17.8 Å². The molecule has 1 aliphatic heterocycles. The van der Waals surface area contributed by atoms with Crippen molar-refractivity contribution < 1.29 is 13.5 Å². The zero-order valence-corrected chi connectivity index (χ0v) is 13.2. The van der Waals surface area contributed by atoms with Gasteiger partial charge in [-0.05, 0) is 56.1 Å². The average Bonchev–Trinajstić information content (AvgIpc) is 2.47. The van der Waals surface area contributed by atoms with E-state index in [9.17, 15) is 8.78 Å². The Balaban J connectivity index is 1.71. The number of thioether (sulfide) groups is 1. The number of aryl methyl sites for hydroxylation is 1. The summed E-state index contributed by atoms with van der Waals surface area (Å²) in [4.78, 5) is 0. The van der Waals surface area contributed by atoms with Crippen LogP contribution in [-0.4, -0.2) is 30.2 Å². The topological polar surface area (TPSA) is 21.3 Å². The van der Waals surface area contributed by atoms with Gasteiger partial charge in [-0.1, -0.05) is 12.1 Å². The molecule has 1 aromatic rings. The maximum absolute atomic E-state index is 12.1. The summed E-state index contributed by atoms with van der Waals surface area (Å²) in [6.07, 6.45) is 4.58. The first-order chi connectivity index (χ1) is 10.1. The molecule has 1 fully saturated rings. The minimum Gasteiger partial charge on any atom is -0.435 e. The smallest absolute Gasteiger partial charge is 0.387 e. The molecule has 118 valence electrons. The molecule has 0 amide bonds. The molecule has 2 nitrogen and oxygen atoms in total. The maximum atomic E-state index is 12.1. The summed E-state index contributed by atoms with van der Waals surface area (Å²) in [7, 11) is 0. The Morgan fingerprint density at radius 3 is 2.71 bits per heavy atom. The van der Waals surface area contributed by atoms with Crippen LogP contribution in [0.15, 0.2) is 24.3 Å². The van der Waals surface area contributed by atoms with E-state index in [0.717, 1.165) is 18.4 Å². The second kappa shape index (κ2) is 8.59. The van der Waals surface area contributed by atoms with Gasteiger partial charge in [-0.3, -0.25) is 0 Å². The second-order valence-corrected chi connectivity index (χ2v) is 6.69. The zero-order valence-electron chi connectivity index (χ0n) is 12.4. The Morgan fingerprint density at radius 1 is 1.33 bits per heavy atom. The third kappa shape index (κ3) is 6.22. The van der Waals surface area contributed by atoms with E-state index >= 15 is 0 Å². The van der Waals surface area contributed by atoms with Crippen molar-refractivity contribution in [1.82, 2.24) is 5.32 Å². The second-order valence-electron chi connectivity index (χ2n) is 5.54. The summed E-state index contributed by atoms with van der Waals surface area (Å²) in [5.74, 6) is 2.73. The van der Waals surface area contributed by atoms with Gasteiger partial charge in [0.05, 0.1) is 0 Å². The first-order valence-corrected chi connectivity index (χ1v) is 8.66. The van der Waals surface area contributed by atoms with Crippen molar-refractivity contribution in [2.75, 3.05) is 11.5 Å². The lowest BCUT2D eigenvalue weighted by Crippen LogP contribution is -2.40. The van der Waals surface area contributed by atoms with E-state index in [0.29, 0.717) is 12.1 Å². The van der Waals surface area contributed by atoms with E-state index in [2.05, 4.69) is 17.0 Å². The quantitative estimate of drug-likeness (QED) is 0.819. The van der Waals surface area contributed by atoms with Crippen LogP contribution in [0, 0.1) is 0 Å². The van der Waals surface area contributed by atoms with Gasteiger partial charge in [0.25, 0.3) is 0 Å². The molecule has 1 saturated heterocycles. The van der Waals surface area contributed by atoms with Gasteiger partial charge >= 0.3 is 6.61 Å². The van der Waals surface area contributed by atoms with Gasteiger partial charge in [0.15, 0.2) is 0 Å². The first-order valence-electron chi connectivity index (χ1n) is 7.51. The molecule has 2 atom stereocenters. The summed E-state index contributed by atoms with van der Waals surface area (Å²) >= 11 is 2.03. The highest BCUT2D eigenvalue weighted by Gasteiger charge is 2.15. The highest BCUT2D eigenvalue weighted by atomic mass is 32.2. The molecule has 1 N–H and O–H groups in total. The molecule has 0 bridgehead atoms. The average molecular weight is 315 g/mol. The van der Waals surface area contributed by atoms with Crippen molar-refractivity contribution in [3.63, 3.8) is 0 Å². The molecular formula is C16H23F2NOS. The Bertz CT molecular complexity index is 407. The fourth-order valence-electron chi connectivity index (χ4n) is 2.58. The predicted molar refractivity (Wildman–Crippen MR) is 84.3 cm³/mol. The monoisotopic (exact) mass is 315 g/mol. The van der Waals surface area contributed by atoms with Crippen LogP contribution in [0.3, 0.4) is 0 Å². The van der Waals surface area contributed by atoms with Gasteiger partial charge in [0.1, 0.15) is 5.75 Å². The molecule has 1 heterocycles. The minimum atomic E-state index is -2.76. The fourth-order valence-corrected chi connectivity index (χ4v) is 3.66. The van der Waals surface area contributed by atoms with E-state index in [-0.39, 0.29) is 5.75 Å². The highest BCUT2D eigenvalue weighted by Crippen LogP contribution is 2.19. The molecule has 0 spiro atoms. The number of benzene rings is 1. The highest BCUT2D eigenvalue weighted by molar-refractivity contribution is 7.99. The van der Waals surface area contributed by atoms with E-state index in [4.69, 9.17) is 0 Å². The molecule has 0 aliphatic carbocycles. The van der Waals surface area contributed by atoms with Crippen molar-refractivity contribution in [3.8, 4) is 5.75 Å². The first kappa shape index (κ1) is 16.6.